The molecule has 0 aliphatic carbocycles. The highest BCUT2D eigenvalue weighted by Gasteiger charge is 2.33. The van der Waals surface area contributed by atoms with Gasteiger partial charge >= 0.3 is 0 Å². The Bertz CT molecular complexity index is 194. The first-order chi connectivity index (χ1) is 8.12. The molecule has 0 aromatic carbocycles. The average Bonchev–Trinajstić information content (AvgIpc) is 2.35. The van der Waals surface area contributed by atoms with E-state index in [-0.39, 0.29) is 0 Å². The zero-order valence-corrected chi connectivity index (χ0v) is 12.6. The molecule has 0 radical (unpaired) electrons. The molecule has 1 saturated heterocycles. The van der Waals surface area contributed by atoms with Crippen molar-refractivity contribution in [3.8, 4) is 0 Å². The number of hydrogen-bond acceptors (Lipinski definition) is 1. The minimum Gasteiger partial charge on any atom is -0.306 e. The molecule has 0 spiro atoms. The van der Waals surface area contributed by atoms with Gasteiger partial charge in [0.25, 0.3) is 0 Å². The van der Waals surface area contributed by atoms with Crippen LogP contribution in [0.5, 0.6) is 0 Å². The number of nitrogens with zero attached hydrogens (tertiary/aromatic N) is 1. The maximum Gasteiger partial charge on any atom is -0.00189 e. The topological polar surface area (TPSA) is 3.24 Å². The summed E-state index contributed by atoms with van der Waals surface area (Å²) < 4.78 is 0. The van der Waals surface area contributed by atoms with E-state index in [1.807, 2.05) is 0 Å². The van der Waals surface area contributed by atoms with Gasteiger partial charge in [-0.3, -0.25) is 0 Å². The summed E-state index contributed by atoms with van der Waals surface area (Å²) >= 11 is 0. The van der Waals surface area contributed by atoms with Crippen LogP contribution in [-0.4, -0.2) is 25.0 Å². The van der Waals surface area contributed by atoms with Crippen LogP contribution in [0.15, 0.2) is 0 Å². The van der Waals surface area contributed by atoms with Gasteiger partial charge in [0.2, 0.25) is 0 Å². The van der Waals surface area contributed by atoms with E-state index in [4.69, 9.17) is 0 Å². The summed E-state index contributed by atoms with van der Waals surface area (Å²) in [7, 11) is 2.26. The number of unbranched alkanes of at least 4 members (excludes halogenated alkanes) is 3. The summed E-state index contributed by atoms with van der Waals surface area (Å²) in [5.41, 5.74) is 0.620. The summed E-state index contributed by atoms with van der Waals surface area (Å²) in [6, 6.07) is 0. The van der Waals surface area contributed by atoms with Crippen molar-refractivity contribution in [1.29, 1.82) is 0 Å². The summed E-state index contributed by atoms with van der Waals surface area (Å²) in [6.07, 6.45) is 11.3. The molecule has 102 valence electrons. The van der Waals surface area contributed by atoms with Crippen LogP contribution in [0.3, 0.4) is 0 Å². The van der Waals surface area contributed by atoms with E-state index in [2.05, 4.69) is 32.7 Å². The zero-order chi connectivity index (χ0) is 12.7. The molecule has 1 heteroatoms. The van der Waals surface area contributed by atoms with Crippen molar-refractivity contribution >= 4 is 0 Å². The van der Waals surface area contributed by atoms with E-state index in [1.165, 1.54) is 64.5 Å². The monoisotopic (exact) mass is 239 g/mol. The molecule has 0 aromatic heterocycles. The van der Waals surface area contributed by atoms with Gasteiger partial charge in [0.05, 0.1) is 0 Å². The van der Waals surface area contributed by atoms with Crippen LogP contribution in [0, 0.1) is 11.3 Å². The molecule has 0 N–H and O–H groups in total. The highest BCUT2D eigenvalue weighted by molar-refractivity contribution is 4.85. The maximum atomic E-state index is 2.55. The molecule has 1 nitrogen and oxygen atoms in total. The fourth-order valence-electron chi connectivity index (χ4n) is 3.33. The van der Waals surface area contributed by atoms with Gasteiger partial charge < -0.3 is 4.90 Å². The molecule has 1 heterocycles. The molecule has 1 unspecified atom stereocenters. The normalized spacial score (nSPS) is 22.6. The van der Waals surface area contributed by atoms with Gasteiger partial charge in [-0.05, 0) is 50.7 Å². The van der Waals surface area contributed by atoms with Gasteiger partial charge in [-0.2, -0.15) is 0 Å². The number of piperidine rings is 1. The molecular formula is C16H33N. The summed E-state index contributed by atoms with van der Waals surface area (Å²) in [6.45, 7) is 9.88. The van der Waals surface area contributed by atoms with Gasteiger partial charge in [-0.15, -0.1) is 0 Å². The minimum atomic E-state index is 0.620. The quantitative estimate of drug-likeness (QED) is 0.581. The Kier molecular flexibility index (Phi) is 6.54. The van der Waals surface area contributed by atoms with Gasteiger partial charge in [0.15, 0.2) is 0 Å². The lowest BCUT2D eigenvalue weighted by molar-refractivity contribution is 0.0848. The van der Waals surface area contributed by atoms with E-state index < -0.39 is 0 Å². The molecule has 0 aromatic rings. The third-order valence-corrected chi connectivity index (χ3v) is 5.11. The molecule has 1 aliphatic rings. The van der Waals surface area contributed by atoms with Crippen LogP contribution in [0.4, 0.5) is 0 Å². The third kappa shape index (κ3) is 4.62. The predicted octanol–water partition coefficient (Wildman–Crippen LogP) is 4.71. The molecule has 17 heavy (non-hydrogen) atoms. The first kappa shape index (κ1) is 15.0. The molecule has 1 aliphatic heterocycles. The van der Waals surface area contributed by atoms with Crippen molar-refractivity contribution in [2.24, 2.45) is 11.3 Å². The van der Waals surface area contributed by atoms with Crippen LogP contribution < -0.4 is 0 Å². The second-order valence-corrected chi connectivity index (χ2v) is 6.40. The SMILES string of the molecule is CCCCCCC(C)(CC)C1CCN(C)CC1. The standard InChI is InChI=1S/C16H33N/c1-5-7-8-9-12-16(3,6-2)15-10-13-17(4)14-11-15/h15H,5-14H2,1-4H3. The van der Waals surface area contributed by atoms with Crippen molar-refractivity contribution in [2.45, 2.75) is 72.1 Å². The van der Waals surface area contributed by atoms with Crippen LogP contribution >= 0.6 is 0 Å². The van der Waals surface area contributed by atoms with Crippen molar-refractivity contribution in [1.82, 2.24) is 4.90 Å². The lowest BCUT2D eigenvalue weighted by Gasteiger charge is -2.42. The third-order valence-electron chi connectivity index (χ3n) is 5.11. The van der Waals surface area contributed by atoms with E-state index in [9.17, 15) is 0 Å². The molecule has 1 rings (SSSR count). The Balaban J connectivity index is 2.38. The Morgan fingerprint density at radius 1 is 1.06 bits per heavy atom. The average molecular weight is 239 g/mol. The smallest absolute Gasteiger partial charge is 0.00189 e. The predicted molar refractivity (Wildman–Crippen MR) is 77.4 cm³/mol. The fourth-order valence-corrected chi connectivity index (χ4v) is 3.33. The molecule has 0 saturated carbocycles. The Morgan fingerprint density at radius 3 is 2.24 bits per heavy atom. The Labute approximate surface area is 109 Å². The van der Waals surface area contributed by atoms with E-state index >= 15 is 0 Å². The summed E-state index contributed by atoms with van der Waals surface area (Å²) in [5, 5.41) is 0. The molecule has 1 atom stereocenters. The molecule has 0 bridgehead atoms. The summed E-state index contributed by atoms with van der Waals surface area (Å²) in [4.78, 5) is 2.49. The summed E-state index contributed by atoms with van der Waals surface area (Å²) in [5.74, 6) is 0.977. The van der Waals surface area contributed by atoms with Gasteiger partial charge in [0, 0.05) is 0 Å². The van der Waals surface area contributed by atoms with Crippen molar-refractivity contribution in [3.63, 3.8) is 0 Å². The first-order valence-electron chi connectivity index (χ1n) is 7.81. The van der Waals surface area contributed by atoms with Crippen LogP contribution in [0.2, 0.25) is 0 Å². The zero-order valence-electron chi connectivity index (χ0n) is 12.6. The highest BCUT2D eigenvalue weighted by Crippen LogP contribution is 2.42. The lowest BCUT2D eigenvalue weighted by Crippen LogP contribution is -2.38. The molecule has 1 fully saturated rings. The first-order valence-corrected chi connectivity index (χ1v) is 7.81. The Morgan fingerprint density at radius 2 is 1.71 bits per heavy atom. The van der Waals surface area contributed by atoms with Crippen LogP contribution in [0.1, 0.15) is 72.1 Å². The number of rotatable bonds is 7. The van der Waals surface area contributed by atoms with Gasteiger partial charge in [0.1, 0.15) is 0 Å². The van der Waals surface area contributed by atoms with E-state index in [1.54, 1.807) is 0 Å². The van der Waals surface area contributed by atoms with Crippen LogP contribution in [0.25, 0.3) is 0 Å². The second kappa shape index (κ2) is 7.41. The lowest BCUT2D eigenvalue weighted by atomic mass is 9.68. The van der Waals surface area contributed by atoms with Crippen molar-refractivity contribution in [2.75, 3.05) is 20.1 Å². The van der Waals surface area contributed by atoms with Gasteiger partial charge in [-0.25, -0.2) is 0 Å². The van der Waals surface area contributed by atoms with Crippen molar-refractivity contribution < 1.29 is 0 Å². The maximum absolute atomic E-state index is 2.55. The largest absolute Gasteiger partial charge is 0.306 e. The fraction of sp³-hybridized carbons (Fsp3) is 1.00. The van der Waals surface area contributed by atoms with Crippen molar-refractivity contribution in [3.05, 3.63) is 0 Å². The van der Waals surface area contributed by atoms with E-state index in [0.717, 1.165) is 5.92 Å². The van der Waals surface area contributed by atoms with Gasteiger partial charge in [-0.1, -0.05) is 52.9 Å². The molecular weight excluding hydrogens is 206 g/mol. The minimum absolute atomic E-state index is 0.620. The highest BCUT2D eigenvalue weighted by atomic mass is 15.1. The number of likely N-dealkylation sites (tertiary alicyclic amines) is 1. The molecule has 0 amide bonds. The number of hydrogen-bond donors (Lipinski definition) is 0. The van der Waals surface area contributed by atoms with E-state index in [0.29, 0.717) is 5.41 Å². The second-order valence-electron chi connectivity index (χ2n) is 6.40. The Hall–Kier alpha value is -0.0400. The van der Waals surface area contributed by atoms with Crippen LogP contribution in [-0.2, 0) is 0 Å².